The minimum absolute atomic E-state index is 0.130. The van der Waals surface area contributed by atoms with E-state index in [0.717, 1.165) is 6.42 Å². The van der Waals surface area contributed by atoms with Gasteiger partial charge in [-0.05, 0) is 18.9 Å². The summed E-state index contributed by atoms with van der Waals surface area (Å²) in [5.74, 6) is 2.20. The first-order chi connectivity index (χ1) is 5.13. The minimum atomic E-state index is -0.130. The lowest BCUT2D eigenvalue weighted by Crippen LogP contribution is -2.00. The molecule has 11 heavy (non-hydrogen) atoms. The number of hydrogen-bond acceptors (Lipinski definition) is 1. The normalized spacial score (nSPS) is 10.5. The molecule has 0 aromatic carbocycles. The van der Waals surface area contributed by atoms with Gasteiger partial charge in [-0.3, -0.25) is 4.79 Å². The second-order valence-electron chi connectivity index (χ2n) is 2.28. The Labute approximate surface area is 67.8 Å². The first kappa shape index (κ1) is 9.71. The van der Waals surface area contributed by atoms with E-state index in [9.17, 15) is 4.79 Å². The quantitative estimate of drug-likeness (QED) is 0.442. The predicted octanol–water partition coefficient (Wildman–Crippen LogP) is 2.10. The third kappa shape index (κ3) is 2.86. The van der Waals surface area contributed by atoms with Crippen LogP contribution in [0.1, 0.15) is 20.3 Å². The van der Waals surface area contributed by atoms with Crippen LogP contribution in [0, 0.1) is 12.3 Å². The van der Waals surface area contributed by atoms with Crippen molar-refractivity contribution < 1.29 is 4.79 Å². The summed E-state index contributed by atoms with van der Waals surface area (Å²) in [6, 6.07) is 0. The Balaban J connectivity index is 4.57. The van der Waals surface area contributed by atoms with Gasteiger partial charge < -0.3 is 0 Å². The fourth-order valence-electron chi connectivity index (χ4n) is 0.651. The summed E-state index contributed by atoms with van der Waals surface area (Å²) >= 11 is 0. The molecular weight excluding hydrogens is 136 g/mol. The summed E-state index contributed by atoms with van der Waals surface area (Å²) in [4.78, 5) is 11.2. The topological polar surface area (TPSA) is 17.1 Å². The van der Waals surface area contributed by atoms with Crippen LogP contribution in [0.4, 0.5) is 0 Å². The van der Waals surface area contributed by atoms with Gasteiger partial charge in [-0.2, -0.15) is 0 Å². The number of ketones is 1. The van der Waals surface area contributed by atoms with E-state index in [1.165, 1.54) is 0 Å². The van der Waals surface area contributed by atoms with Crippen LogP contribution < -0.4 is 0 Å². The highest BCUT2D eigenvalue weighted by molar-refractivity contribution is 6.10. The van der Waals surface area contributed by atoms with Crippen molar-refractivity contribution in [3.05, 3.63) is 23.8 Å². The fourth-order valence-corrected chi connectivity index (χ4v) is 0.651. The Hall–Kier alpha value is -1.29. The lowest BCUT2D eigenvalue weighted by molar-refractivity contribution is -0.111. The zero-order valence-electron chi connectivity index (χ0n) is 6.98. The first-order valence-electron chi connectivity index (χ1n) is 3.50. The predicted molar refractivity (Wildman–Crippen MR) is 47.0 cm³/mol. The molecule has 0 heterocycles. The van der Waals surface area contributed by atoms with Crippen molar-refractivity contribution in [2.75, 3.05) is 0 Å². The number of hydrogen-bond donors (Lipinski definition) is 0. The zero-order chi connectivity index (χ0) is 8.85. The molecule has 0 fully saturated rings. The van der Waals surface area contributed by atoms with Crippen molar-refractivity contribution in [1.82, 2.24) is 0 Å². The Kier molecular flexibility index (Phi) is 3.98. The van der Waals surface area contributed by atoms with E-state index in [1.54, 1.807) is 13.0 Å². The van der Waals surface area contributed by atoms with E-state index in [0.29, 0.717) is 11.1 Å². The summed E-state index contributed by atoms with van der Waals surface area (Å²) in [5, 5.41) is 0. The maximum atomic E-state index is 11.2. The van der Waals surface area contributed by atoms with Crippen LogP contribution in [-0.2, 0) is 4.79 Å². The van der Waals surface area contributed by atoms with Gasteiger partial charge in [0.05, 0.1) is 5.57 Å². The van der Waals surface area contributed by atoms with Crippen LogP contribution in [0.15, 0.2) is 23.8 Å². The number of allylic oxidation sites excluding steroid dienone is 3. The highest BCUT2D eigenvalue weighted by Crippen LogP contribution is 2.03. The van der Waals surface area contributed by atoms with Crippen LogP contribution in [0.2, 0.25) is 0 Å². The average molecular weight is 148 g/mol. The Morgan fingerprint density at radius 3 is 2.55 bits per heavy atom. The van der Waals surface area contributed by atoms with E-state index in [4.69, 9.17) is 6.42 Å². The summed E-state index contributed by atoms with van der Waals surface area (Å²) in [5.41, 5.74) is 0.905. The molecule has 0 aromatic rings. The van der Waals surface area contributed by atoms with Crippen LogP contribution in [-0.4, -0.2) is 5.78 Å². The molecule has 0 N–H and O–H groups in total. The van der Waals surface area contributed by atoms with E-state index < -0.39 is 0 Å². The van der Waals surface area contributed by atoms with Crippen LogP contribution in [0.25, 0.3) is 0 Å². The molecular formula is C10H12O. The van der Waals surface area contributed by atoms with Gasteiger partial charge in [-0.1, -0.05) is 25.5 Å². The molecule has 0 amide bonds. The van der Waals surface area contributed by atoms with Crippen LogP contribution in [0.3, 0.4) is 0 Å². The molecule has 1 heteroatoms. The fraction of sp³-hybridized carbons (Fsp3) is 0.300. The molecule has 0 aromatic heterocycles. The van der Waals surface area contributed by atoms with E-state index in [2.05, 4.69) is 12.5 Å². The molecule has 0 aliphatic rings. The lowest BCUT2D eigenvalue weighted by atomic mass is 10.1. The van der Waals surface area contributed by atoms with Crippen molar-refractivity contribution >= 4 is 5.78 Å². The van der Waals surface area contributed by atoms with Gasteiger partial charge in [0.2, 0.25) is 0 Å². The highest BCUT2D eigenvalue weighted by atomic mass is 16.1. The summed E-state index contributed by atoms with van der Waals surface area (Å²) in [6.45, 7) is 7.11. The second-order valence-corrected chi connectivity index (χ2v) is 2.28. The molecule has 58 valence electrons. The Bertz CT molecular complexity index is 238. The van der Waals surface area contributed by atoms with Gasteiger partial charge in [0.25, 0.3) is 0 Å². The molecule has 0 spiro atoms. The van der Waals surface area contributed by atoms with E-state index >= 15 is 0 Å². The number of carbonyl (C=O) groups is 1. The second kappa shape index (κ2) is 4.51. The van der Waals surface area contributed by atoms with Crippen LogP contribution >= 0.6 is 0 Å². The third-order valence-corrected chi connectivity index (χ3v) is 1.20. The number of rotatable bonds is 3. The molecule has 0 saturated heterocycles. The smallest absolute Gasteiger partial charge is 0.196 e. The van der Waals surface area contributed by atoms with Crippen molar-refractivity contribution in [2.24, 2.45) is 0 Å². The minimum Gasteiger partial charge on any atom is -0.288 e. The van der Waals surface area contributed by atoms with Crippen molar-refractivity contribution in [3.8, 4) is 12.3 Å². The van der Waals surface area contributed by atoms with Gasteiger partial charge in [0.15, 0.2) is 5.78 Å². The molecule has 0 bridgehead atoms. The Morgan fingerprint density at radius 2 is 2.27 bits per heavy atom. The van der Waals surface area contributed by atoms with E-state index in [1.807, 2.05) is 6.92 Å². The number of terminal acetylenes is 1. The SMILES string of the molecule is C#C/C(=C/CC)C(=O)C(=C)C. The van der Waals surface area contributed by atoms with Gasteiger partial charge in [-0.25, -0.2) is 0 Å². The molecule has 1 nitrogen and oxygen atoms in total. The maximum Gasteiger partial charge on any atom is 0.196 e. The van der Waals surface area contributed by atoms with Crippen molar-refractivity contribution in [2.45, 2.75) is 20.3 Å². The average Bonchev–Trinajstić information content (AvgIpc) is 1.98. The lowest BCUT2D eigenvalue weighted by Gasteiger charge is -1.95. The summed E-state index contributed by atoms with van der Waals surface area (Å²) in [7, 11) is 0. The van der Waals surface area contributed by atoms with Crippen LogP contribution in [0.5, 0.6) is 0 Å². The molecule has 0 aliphatic heterocycles. The Morgan fingerprint density at radius 1 is 1.73 bits per heavy atom. The van der Waals surface area contributed by atoms with Crippen molar-refractivity contribution in [1.29, 1.82) is 0 Å². The zero-order valence-corrected chi connectivity index (χ0v) is 6.98. The maximum absolute atomic E-state index is 11.2. The summed E-state index contributed by atoms with van der Waals surface area (Å²) in [6.07, 6.45) is 7.63. The van der Waals surface area contributed by atoms with Crippen molar-refractivity contribution in [3.63, 3.8) is 0 Å². The van der Waals surface area contributed by atoms with Gasteiger partial charge in [0.1, 0.15) is 0 Å². The monoisotopic (exact) mass is 148 g/mol. The number of Topliss-reactive ketones (excluding diaryl/α,β-unsaturated/α-hetero) is 1. The molecule has 0 radical (unpaired) electrons. The van der Waals surface area contributed by atoms with Gasteiger partial charge >= 0.3 is 0 Å². The third-order valence-electron chi connectivity index (χ3n) is 1.20. The van der Waals surface area contributed by atoms with E-state index in [-0.39, 0.29) is 5.78 Å². The first-order valence-corrected chi connectivity index (χ1v) is 3.50. The molecule has 0 unspecified atom stereocenters. The highest BCUT2D eigenvalue weighted by Gasteiger charge is 2.05. The summed E-state index contributed by atoms with van der Waals surface area (Å²) < 4.78 is 0. The standard InChI is InChI=1S/C10H12O/c1-5-7-9(6-2)10(11)8(3)4/h2,7H,3,5H2,1,4H3/b9-7-. The van der Waals surface area contributed by atoms with Gasteiger partial charge in [-0.15, -0.1) is 6.42 Å². The molecule has 0 rings (SSSR count). The molecule has 0 aliphatic carbocycles. The molecule has 0 atom stereocenters. The largest absolute Gasteiger partial charge is 0.288 e. The number of carbonyl (C=O) groups excluding carboxylic acids is 1. The molecule has 0 saturated carbocycles. The van der Waals surface area contributed by atoms with Gasteiger partial charge in [0, 0.05) is 0 Å².